The summed E-state index contributed by atoms with van der Waals surface area (Å²) in [5.74, 6) is 1.92. The third-order valence-corrected chi connectivity index (χ3v) is 3.85. The largest absolute Gasteiger partial charge is 0.469 e. The van der Waals surface area contributed by atoms with Gasteiger partial charge in [-0.3, -0.25) is 0 Å². The molecule has 0 unspecified atom stereocenters. The maximum absolute atomic E-state index is 5.47. The molecule has 0 saturated carbocycles. The maximum atomic E-state index is 5.47. The lowest BCUT2D eigenvalue weighted by Gasteiger charge is -2.19. The van der Waals surface area contributed by atoms with Crippen molar-refractivity contribution in [3.8, 4) is 22.8 Å². The summed E-state index contributed by atoms with van der Waals surface area (Å²) in [6.45, 7) is 2.90. The van der Waals surface area contributed by atoms with Crippen LogP contribution in [0, 0.1) is 6.92 Å². The van der Waals surface area contributed by atoms with Gasteiger partial charge < -0.3 is 14.3 Å². The summed E-state index contributed by atoms with van der Waals surface area (Å²) in [6.07, 6.45) is 3.78. The Morgan fingerprint density at radius 2 is 2.14 bits per heavy atom. The Balaban J connectivity index is 1.78. The molecular formula is C16H15N3O2. The van der Waals surface area contributed by atoms with Crippen LogP contribution in [-0.4, -0.2) is 16.7 Å². The highest BCUT2D eigenvalue weighted by atomic mass is 16.5. The molecule has 3 heterocycles. The highest BCUT2D eigenvalue weighted by Gasteiger charge is 2.19. The van der Waals surface area contributed by atoms with Gasteiger partial charge in [-0.1, -0.05) is 11.2 Å². The number of fused-ring (bicyclic) bond motifs is 1. The minimum Gasteiger partial charge on any atom is -0.469 e. The van der Waals surface area contributed by atoms with Crippen LogP contribution in [0.2, 0.25) is 0 Å². The van der Waals surface area contributed by atoms with Crippen LogP contribution in [0.1, 0.15) is 17.7 Å². The van der Waals surface area contributed by atoms with Crippen molar-refractivity contribution >= 4 is 5.69 Å². The zero-order valence-electron chi connectivity index (χ0n) is 11.7. The first kappa shape index (κ1) is 12.2. The molecule has 0 aliphatic carbocycles. The molecule has 1 aromatic carbocycles. The van der Waals surface area contributed by atoms with Crippen LogP contribution in [0.3, 0.4) is 0 Å². The van der Waals surface area contributed by atoms with Crippen molar-refractivity contribution in [2.24, 2.45) is 0 Å². The molecule has 0 spiro atoms. The highest BCUT2D eigenvalue weighted by Crippen LogP contribution is 2.33. The molecule has 1 N–H and O–H groups in total. The summed E-state index contributed by atoms with van der Waals surface area (Å²) >= 11 is 0. The maximum Gasteiger partial charge on any atom is 0.258 e. The van der Waals surface area contributed by atoms with Gasteiger partial charge in [0.1, 0.15) is 5.76 Å². The second-order valence-corrected chi connectivity index (χ2v) is 5.18. The van der Waals surface area contributed by atoms with Gasteiger partial charge in [0.05, 0.1) is 11.8 Å². The first-order valence-electron chi connectivity index (χ1n) is 7.07. The van der Waals surface area contributed by atoms with Crippen molar-refractivity contribution in [2.45, 2.75) is 19.8 Å². The van der Waals surface area contributed by atoms with Crippen molar-refractivity contribution in [1.29, 1.82) is 0 Å². The van der Waals surface area contributed by atoms with Crippen molar-refractivity contribution in [2.75, 3.05) is 11.9 Å². The van der Waals surface area contributed by atoms with Crippen LogP contribution in [0.5, 0.6) is 0 Å². The van der Waals surface area contributed by atoms with E-state index in [0.717, 1.165) is 42.0 Å². The predicted octanol–water partition coefficient (Wildman–Crippen LogP) is 3.66. The molecule has 3 aromatic rings. The first-order valence-corrected chi connectivity index (χ1v) is 7.07. The van der Waals surface area contributed by atoms with E-state index in [-0.39, 0.29) is 0 Å². The molecule has 4 rings (SSSR count). The van der Waals surface area contributed by atoms with Gasteiger partial charge in [0, 0.05) is 17.8 Å². The second kappa shape index (κ2) is 4.77. The number of anilines is 1. The summed E-state index contributed by atoms with van der Waals surface area (Å²) in [5.41, 5.74) is 4.30. The SMILES string of the molecule is Cc1occc1-c1noc(-c2cccc3c2CCCN3)n1. The monoisotopic (exact) mass is 281 g/mol. The number of nitrogens with zero attached hydrogens (tertiary/aromatic N) is 2. The van der Waals surface area contributed by atoms with E-state index in [4.69, 9.17) is 8.94 Å². The second-order valence-electron chi connectivity index (χ2n) is 5.18. The summed E-state index contributed by atoms with van der Waals surface area (Å²) in [5, 5.41) is 7.49. The Morgan fingerprint density at radius 1 is 1.19 bits per heavy atom. The van der Waals surface area contributed by atoms with Gasteiger partial charge in [0.2, 0.25) is 5.82 Å². The lowest BCUT2D eigenvalue weighted by atomic mass is 9.97. The van der Waals surface area contributed by atoms with Gasteiger partial charge >= 0.3 is 0 Å². The Morgan fingerprint density at radius 3 is 3.00 bits per heavy atom. The van der Waals surface area contributed by atoms with E-state index in [1.807, 2.05) is 25.1 Å². The number of nitrogens with one attached hydrogen (secondary N) is 1. The van der Waals surface area contributed by atoms with Crippen LogP contribution in [0.25, 0.3) is 22.8 Å². The van der Waals surface area contributed by atoms with Crippen molar-refractivity contribution in [3.63, 3.8) is 0 Å². The molecular weight excluding hydrogens is 266 g/mol. The number of benzene rings is 1. The molecule has 0 saturated heterocycles. The summed E-state index contributed by atoms with van der Waals surface area (Å²) < 4.78 is 10.8. The number of rotatable bonds is 2. The minimum atomic E-state index is 0.561. The van der Waals surface area contributed by atoms with E-state index < -0.39 is 0 Å². The fourth-order valence-electron chi connectivity index (χ4n) is 2.77. The molecule has 21 heavy (non-hydrogen) atoms. The normalized spacial score (nSPS) is 13.8. The Labute approximate surface area is 122 Å². The van der Waals surface area contributed by atoms with Crippen LogP contribution < -0.4 is 5.32 Å². The molecule has 5 heteroatoms. The third-order valence-electron chi connectivity index (χ3n) is 3.85. The molecule has 0 radical (unpaired) electrons. The first-order chi connectivity index (χ1) is 10.3. The molecule has 106 valence electrons. The number of hydrogen-bond donors (Lipinski definition) is 1. The van der Waals surface area contributed by atoms with E-state index in [0.29, 0.717) is 11.7 Å². The molecule has 0 amide bonds. The number of furan rings is 1. The van der Waals surface area contributed by atoms with Gasteiger partial charge in [0.15, 0.2) is 0 Å². The standard InChI is InChI=1S/C16H15N3O2/c1-10-11(7-9-20-10)15-18-16(21-19-15)13-4-2-6-14-12(13)5-3-8-17-14/h2,4,6-7,9,17H,3,5,8H2,1H3. The topological polar surface area (TPSA) is 64.1 Å². The van der Waals surface area contributed by atoms with Crippen molar-refractivity contribution in [1.82, 2.24) is 10.1 Å². The Kier molecular flexibility index (Phi) is 2.77. The zero-order chi connectivity index (χ0) is 14.2. The van der Waals surface area contributed by atoms with Gasteiger partial charge in [-0.05, 0) is 43.5 Å². The molecule has 2 aromatic heterocycles. The van der Waals surface area contributed by atoms with E-state index in [2.05, 4.69) is 21.5 Å². The number of hydrogen-bond acceptors (Lipinski definition) is 5. The number of aromatic nitrogens is 2. The smallest absolute Gasteiger partial charge is 0.258 e. The zero-order valence-corrected chi connectivity index (χ0v) is 11.7. The average Bonchev–Trinajstić information content (AvgIpc) is 3.15. The van der Waals surface area contributed by atoms with Gasteiger partial charge in [-0.15, -0.1) is 0 Å². The summed E-state index contributed by atoms with van der Waals surface area (Å²) in [7, 11) is 0. The van der Waals surface area contributed by atoms with Crippen LogP contribution in [0.15, 0.2) is 39.5 Å². The van der Waals surface area contributed by atoms with Gasteiger partial charge in [-0.25, -0.2) is 0 Å². The number of aryl methyl sites for hydroxylation is 1. The van der Waals surface area contributed by atoms with E-state index >= 15 is 0 Å². The van der Waals surface area contributed by atoms with Crippen molar-refractivity contribution in [3.05, 3.63) is 41.9 Å². The summed E-state index contributed by atoms with van der Waals surface area (Å²) in [6, 6.07) is 7.99. The van der Waals surface area contributed by atoms with Crippen LogP contribution in [0.4, 0.5) is 5.69 Å². The van der Waals surface area contributed by atoms with E-state index in [1.54, 1.807) is 6.26 Å². The Bertz CT molecular complexity index is 788. The Hall–Kier alpha value is -2.56. The fraction of sp³-hybridized carbons (Fsp3) is 0.250. The molecule has 1 aliphatic rings. The molecule has 0 fully saturated rings. The third kappa shape index (κ3) is 2.01. The average molecular weight is 281 g/mol. The van der Waals surface area contributed by atoms with Crippen LogP contribution in [-0.2, 0) is 6.42 Å². The van der Waals surface area contributed by atoms with Gasteiger partial charge in [-0.2, -0.15) is 4.98 Å². The molecule has 0 atom stereocenters. The fourth-order valence-corrected chi connectivity index (χ4v) is 2.77. The summed E-state index contributed by atoms with van der Waals surface area (Å²) in [4.78, 5) is 4.53. The minimum absolute atomic E-state index is 0.561. The lowest BCUT2D eigenvalue weighted by Crippen LogP contribution is -2.12. The predicted molar refractivity (Wildman–Crippen MR) is 79.0 cm³/mol. The lowest BCUT2D eigenvalue weighted by molar-refractivity contribution is 0.431. The van der Waals surface area contributed by atoms with E-state index in [9.17, 15) is 0 Å². The molecule has 5 nitrogen and oxygen atoms in total. The van der Waals surface area contributed by atoms with Gasteiger partial charge in [0.25, 0.3) is 5.89 Å². The molecule has 1 aliphatic heterocycles. The molecule has 0 bridgehead atoms. The highest BCUT2D eigenvalue weighted by molar-refractivity contribution is 5.71. The van der Waals surface area contributed by atoms with Crippen LogP contribution >= 0.6 is 0 Å². The van der Waals surface area contributed by atoms with Crippen molar-refractivity contribution < 1.29 is 8.94 Å². The van der Waals surface area contributed by atoms with E-state index in [1.165, 1.54) is 5.56 Å². The quantitative estimate of drug-likeness (QED) is 0.776.